The quantitative estimate of drug-likeness (QED) is 0.0655. The summed E-state index contributed by atoms with van der Waals surface area (Å²) in [5.74, 6) is -0.208. The van der Waals surface area contributed by atoms with Gasteiger partial charge in [0.05, 0.1) is 58.7 Å². The van der Waals surface area contributed by atoms with Crippen molar-refractivity contribution in [1.29, 1.82) is 0 Å². The summed E-state index contributed by atoms with van der Waals surface area (Å²) in [7, 11) is 0.154. The third-order valence-electron chi connectivity index (χ3n) is 11.5. The van der Waals surface area contributed by atoms with E-state index in [1.165, 1.54) is 6.20 Å². The van der Waals surface area contributed by atoms with Crippen LogP contribution in [0.5, 0.6) is 5.75 Å². The van der Waals surface area contributed by atoms with Crippen molar-refractivity contribution in [3.8, 4) is 5.75 Å². The first-order chi connectivity index (χ1) is 29.2. The number of piperidine rings is 1. The number of hydrogen-bond donors (Lipinski definition) is 4. The molecule has 2 aliphatic heterocycles. The van der Waals surface area contributed by atoms with Crippen LogP contribution >= 0.6 is 11.6 Å². The smallest absolute Gasteiger partial charge is 0.264 e. The molecule has 2 fully saturated rings. The highest BCUT2D eigenvalue weighted by atomic mass is 35.5. The van der Waals surface area contributed by atoms with Crippen LogP contribution in [-0.2, 0) is 25.8 Å². The molecule has 3 aromatic carbocycles. The number of carbonyl (C=O) groups excluding carboxylic acids is 3. The number of hydrogen-bond acceptors (Lipinski definition) is 13. The number of fused-ring (bicyclic) bond motifs is 1. The van der Waals surface area contributed by atoms with Crippen molar-refractivity contribution in [2.45, 2.75) is 81.2 Å². The minimum Gasteiger partial charge on any atom is -0.495 e. The van der Waals surface area contributed by atoms with E-state index >= 15 is 0 Å². The van der Waals surface area contributed by atoms with Crippen LogP contribution in [0.1, 0.15) is 71.4 Å². The van der Waals surface area contributed by atoms with Crippen molar-refractivity contribution in [2.24, 2.45) is 0 Å². The maximum absolute atomic E-state index is 13.4. The summed E-state index contributed by atoms with van der Waals surface area (Å²) >= 11 is 6.46. The summed E-state index contributed by atoms with van der Waals surface area (Å²) in [6.07, 6.45) is 5.03. The number of sulfone groups is 1. The predicted molar refractivity (Wildman–Crippen MR) is 235 cm³/mol. The highest BCUT2D eigenvalue weighted by Gasteiger charge is 2.45. The number of amides is 3. The lowest BCUT2D eigenvalue weighted by atomic mass is 9.88. The molecule has 1 unspecified atom stereocenters. The first kappa shape index (κ1) is 43.5. The number of ether oxygens (including phenoxy) is 2. The Kier molecular flexibility index (Phi) is 13.0. The highest BCUT2D eigenvalue weighted by molar-refractivity contribution is 7.92. The van der Waals surface area contributed by atoms with E-state index < -0.39 is 38.9 Å². The third kappa shape index (κ3) is 9.22. The molecule has 1 atom stereocenters. The van der Waals surface area contributed by atoms with Gasteiger partial charge in [0.1, 0.15) is 16.8 Å². The van der Waals surface area contributed by atoms with Gasteiger partial charge in [-0.1, -0.05) is 36.4 Å². The molecule has 3 heterocycles. The molecule has 0 spiro atoms. The molecule has 0 bridgehead atoms. The zero-order valence-electron chi connectivity index (χ0n) is 34.9. The lowest BCUT2D eigenvalue weighted by Gasteiger charge is -2.41. The number of anilines is 5. The van der Waals surface area contributed by atoms with Crippen molar-refractivity contribution in [1.82, 2.24) is 25.1 Å². The second-order valence-corrected chi connectivity index (χ2v) is 18.7. The van der Waals surface area contributed by atoms with Crippen LogP contribution in [0.15, 0.2) is 78.0 Å². The van der Waals surface area contributed by atoms with Crippen LogP contribution in [0.25, 0.3) is 0 Å². The number of methoxy groups -OCH3 is 1. The maximum atomic E-state index is 13.4. The number of para-hydroxylation sites is 1. The van der Waals surface area contributed by atoms with Gasteiger partial charge < -0.3 is 35.6 Å². The standard InChI is InChI=1S/C44H51ClN8O7S/c1-25(2)61(57,58)38-13-8-7-11-33(38)49-40-32(45)24-47-44(51-40)50-35-20-26(3)28(21-37(35)59-6)16-18-52(5)29-22-30(23-29)60-19-17-46-34-12-9-10-31-39(34)43(56)53(42(31)55)36-15-14-27(4)48-41(36)54/h7-13,20-21,24-25,29-30,36,46H,4,14-19,22-23H2,1-3,5-6H3,(H,48,54)(H2,47,49,50,51). The fourth-order valence-electron chi connectivity index (χ4n) is 7.77. The van der Waals surface area contributed by atoms with Gasteiger partial charge in [-0.3, -0.25) is 19.3 Å². The van der Waals surface area contributed by atoms with Crippen LogP contribution in [0, 0.1) is 6.92 Å². The van der Waals surface area contributed by atoms with E-state index in [2.05, 4.69) is 49.8 Å². The maximum Gasteiger partial charge on any atom is 0.264 e. The van der Waals surface area contributed by atoms with Gasteiger partial charge in [-0.2, -0.15) is 4.98 Å². The monoisotopic (exact) mass is 870 g/mol. The number of halogens is 1. The number of nitrogens with one attached hydrogen (secondary N) is 4. The minimum atomic E-state index is -3.57. The Morgan fingerprint density at radius 1 is 1.03 bits per heavy atom. The lowest BCUT2D eigenvalue weighted by molar-refractivity contribution is -0.125. The van der Waals surface area contributed by atoms with Crippen LogP contribution < -0.4 is 26.0 Å². The summed E-state index contributed by atoms with van der Waals surface area (Å²) in [4.78, 5) is 51.7. The molecule has 15 nitrogen and oxygen atoms in total. The number of rotatable bonds is 17. The zero-order valence-corrected chi connectivity index (χ0v) is 36.5. The first-order valence-electron chi connectivity index (χ1n) is 20.3. The predicted octanol–water partition coefficient (Wildman–Crippen LogP) is 6.64. The Balaban J connectivity index is 0.885. The number of imide groups is 1. The lowest BCUT2D eigenvalue weighted by Crippen LogP contribution is -2.51. The molecule has 17 heteroatoms. The second-order valence-electron chi connectivity index (χ2n) is 15.8. The number of aromatic nitrogens is 2. The van der Waals surface area contributed by atoms with Gasteiger partial charge in [0.25, 0.3) is 11.8 Å². The molecule has 3 aliphatic rings. The average Bonchev–Trinajstić information content (AvgIpc) is 3.46. The van der Waals surface area contributed by atoms with Crippen LogP contribution in [0.4, 0.5) is 28.8 Å². The van der Waals surface area contributed by atoms with Crippen molar-refractivity contribution in [3.05, 3.63) is 100 Å². The summed E-state index contributed by atoms with van der Waals surface area (Å²) < 4.78 is 38.0. The molecule has 1 saturated carbocycles. The molecule has 4 aromatic rings. The molecule has 0 radical (unpaired) electrons. The van der Waals surface area contributed by atoms with Gasteiger partial charge in [-0.15, -0.1) is 0 Å². The Labute approximate surface area is 361 Å². The van der Waals surface area contributed by atoms with Gasteiger partial charge in [-0.25, -0.2) is 13.4 Å². The number of nitrogens with zero attached hydrogens (tertiary/aromatic N) is 4. The normalized spacial score (nSPS) is 18.9. The topological polar surface area (TPSA) is 184 Å². The Morgan fingerprint density at radius 2 is 1.79 bits per heavy atom. The number of aryl methyl sites for hydroxylation is 1. The molecule has 3 amide bonds. The van der Waals surface area contributed by atoms with Gasteiger partial charge >= 0.3 is 0 Å². The van der Waals surface area contributed by atoms with Crippen molar-refractivity contribution < 1.29 is 32.3 Å². The largest absolute Gasteiger partial charge is 0.495 e. The van der Waals surface area contributed by atoms with Gasteiger partial charge in [0.15, 0.2) is 15.7 Å². The van der Waals surface area contributed by atoms with E-state index in [0.717, 1.165) is 41.8 Å². The fraction of sp³-hybridized carbons (Fsp3) is 0.386. The Bertz CT molecular complexity index is 2480. The minimum absolute atomic E-state index is 0.120. The molecular weight excluding hydrogens is 820 g/mol. The van der Waals surface area contributed by atoms with Crippen molar-refractivity contribution in [3.63, 3.8) is 0 Å². The molecular formula is C44H51ClN8O7S. The van der Waals surface area contributed by atoms with Crippen molar-refractivity contribution in [2.75, 3.05) is 49.8 Å². The van der Waals surface area contributed by atoms with Crippen LogP contribution in [0.3, 0.4) is 0 Å². The summed E-state index contributed by atoms with van der Waals surface area (Å²) in [5, 5.41) is 11.9. The van der Waals surface area contributed by atoms with E-state index in [1.807, 2.05) is 19.1 Å². The van der Waals surface area contributed by atoms with Gasteiger partial charge in [0.2, 0.25) is 11.9 Å². The first-order valence-corrected chi connectivity index (χ1v) is 22.2. The van der Waals surface area contributed by atoms with E-state index in [0.29, 0.717) is 60.5 Å². The SMILES string of the molecule is C=C1CCC(N2C(=O)c3cccc(NCCOC4CC(N(C)CCc5cc(OC)c(Nc6ncc(Cl)c(Nc7ccccc7S(=O)(=O)C(C)C)n6)cc5C)C4)c3C2=O)C(=O)N1. The summed E-state index contributed by atoms with van der Waals surface area (Å²) in [6.45, 7) is 10.8. The number of benzene rings is 3. The van der Waals surface area contributed by atoms with Gasteiger partial charge in [-0.05, 0) is 107 Å². The molecule has 1 saturated heterocycles. The van der Waals surface area contributed by atoms with Crippen LogP contribution in [0.2, 0.25) is 5.02 Å². The molecule has 1 aliphatic carbocycles. The fourth-order valence-corrected chi connectivity index (χ4v) is 9.11. The van der Waals surface area contributed by atoms with E-state index in [4.69, 9.17) is 21.1 Å². The summed E-state index contributed by atoms with van der Waals surface area (Å²) in [6, 6.07) is 15.3. The molecule has 322 valence electrons. The summed E-state index contributed by atoms with van der Waals surface area (Å²) in [5.41, 5.74) is 4.94. The average molecular weight is 871 g/mol. The van der Waals surface area contributed by atoms with Crippen molar-refractivity contribution >= 4 is 68.0 Å². The Hall–Kier alpha value is -5.55. The zero-order chi connectivity index (χ0) is 43.6. The molecule has 4 N–H and O–H groups in total. The third-order valence-corrected chi connectivity index (χ3v) is 14.0. The van der Waals surface area contributed by atoms with Gasteiger partial charge in [0, 0.05) is 30.5 Å². The molecule has 1 aromatic heterocycles. The molecule has 7 rings (SSSR count). The highest BCUT2D eigenvalue weighted by Crippen LogP contribution is 2.36. The van der Waals surface area contributed by atoms with Crippen LogP contribution in [-0.4, -0.2) is 103 Å². The Morgan fingerprint density at radius 3 is 2.52 bits per heavy atom. The van der Waals surface area contributed by atoms with E-state index in [1.54, 1.807) is 63.4 Å². The number of likely N-dealkylation sites (N-methyl/N-ethyl adjacent to an activating group) is 1. The number of carbonyl (C=O) groups is 3. The molecule has 61 heavy (non-hydrogen) atoms. The number of allylic oxidation sites excluding steroid dienone is 1. The second kappa shape index (κ2) is 18.2. The van der Waals surface area contributed by atoms with E-state index in [9.17, 15) is 22.8 Å². The van der Waals surface area contributed by atoms with E-state index in [-0.39, 0.29) is 38.9 Å².